The third-order valence-corrected chi connectivity index (χ3v) is 2.82. The number of likely N-dealkylation sites (tertiary alicyclic amines) is 1. The van der Waals surface area contributed by atoms with Crippen molar-refractivity contribution in [2.24, 2.45) is 0 Å². The lowest BCUT2D eigenvalue weighted by Crippen LogP contribution is -2.29. The first-order chi connectivity index (χ1) is 6.79. The van der Waals surface area contributed by atoms with Crippen molar-refractivity contribution in [2.75, 3.05) is 13.6 Å². The highest BCUT2D eigenvalue weighted by Gasteiger charge is 2.21. The lowest BCUT2D eigenvalue weighted by molar-refractivity contribution is 0.272. The van der Waals surface area contributed by atoms with Gasteiger partial charge in [0.1, 0.15) is 5.69 Å². The largest absolute Gasteiger partial charge is 0.390 e. The van der Waals surface area contributed by atoms with Gasteiger partial charge in [0.05, 0.1) is 19.3 Å². The van der Waals surface area contributed by atoms with Crippen LogP contribution in [0.3, 0.4) is 0 Å². The average Bonchev–Trinajstić information content (AvgIpc) is 2.77. The fourth-order valence-corrected chi connectivity index (χ4v) is 1.93. The number of hydrogen-bond acceptors (Lipinski definition) is 4. The van der Waals surface area contributed by atoms with Gasteiger partial charge in [-0.25, -0.2) is 0 Å². The van der Waals surface area contributed by atoms with Crippen LogP contribution in [-0.4, -0.2) is 44.6 Å². The minimum absolute atomic E-state index is 0.0273. The van der Waals surface area contributed by atoms with Crippen molar-refractivity contribution in [3.8, 4) is 0 Å². The van der Waals surface area contributed by atoms with Gasteiger partial charge in [0.2, 0.25) is 0 Å². The number of aromatic nitrogens is 3. The number of likely N-dealkylation sites (N-methyl/N-ethyl adjacent to an activating group) is 1. The Kier molecular flexibility index (Phi) is 2.79. The molecule has 1 aromatic heterocycles. The molecule has 14 heavy (non-hydrogen) atoms. The standard InChI is InChI=1S/C9H16N4O/c1-12-4-2-3-9(12)6-13-5-8(7-14)10-11-13/h5,9,14H,2-4,6-7H2,1H3/t9-/m1/s1. The lowest BCUT2D eigenvalue weighted by atomic mass is 10.2. The van der Waals surface area contributed by atoms with Gasteiger partial charge in [-0.2, -0.15) is 0 Å². The molecule has 2 heterocycles. The fourth-order valence-electron chi connectivity index (χ4n) is 1.93. The van der Waals surface area contributed by atoms with Crippen LogP contribution in [0.25, 0.3) is 0 Å². The Balaban J connectivity index is 1.96. The molecule has 1 aliphatic rings. The highest BCUT2D eigenvalue weighted by Crippen LogP contribution is 2.15. The topological polar surface area (TPSA) is 54.2 Å². The summed E-state index contributed by atoms with van der Waals surface area (Å²) in [5, 5.41) is 16.6. The van der Waals surface area contributed by atoms with E-state index in [1.54, 1.807) is 0 Å². The molecule has 1 fully saturated rings. The highest BCUT2D eigenvalue weighted by molar-refractivity contribution is 4.90. The molecule has 1 aromatic rings. The molecule has 1 aliphatic heterocycles. The van der Waals surface area contributed by atoms with Crippen molar-refractivity contribution in [3.63, 3.8) is 0 Å². The van der Waals surface area contributed by atoms with E-state index < -0.39 is 0 Å². The molecule has 0 unspecified atom stereocenters. The molecule has 0 spiro atoms. The van der Waals surface area contributed by atoms with Crippen LogP contribution in [0.15, 0.2) is 6.20 Å². The zero-order valence-electron chi connectivity index (χ0n) is 8.43. The lowest BCUT2D eigenvalue weighted by Gasteiger charge is -2.18. The van der Waals surface area contributed by atoms with Gasteiger partial charge < -0.3 is 10.0 Å². The van der Waals surface area contributed by atoms with E-state index in [2.05, 4.69) is 22.3 Å². The quantitative estimate of drug-likeness (QED) is 0.731. The monoisotopic (exact) mass is 196 g/mol. The summed E-state index contributed by atoms with van der Waals surface area (Å²) >= 11 is 0. The van der Waals surface area contributed by atoms with Gasteiger partial charge in [-0.1, -0.05) is 5.21 Å². The molecule has 0 radical (unpaired) electrons. The first-order valence-corrected chi connectivity index (χ1v) is 4.99. The second-order valence-corrected chi connectivity index (χ2v) is 3.87. The van der Waals surface area contributed by atoms with Crippen molar-refractivity contribution in [2.45, 2.75) is 32.0 Å². The molecule has 0 aliphatic carbocycles. The SMILES string of the molecule is CN1CCC[C@@H]1Cn1cc(CO)nn1. The van der Waals surface area contributed by atoms with E-state index in [4.69, 9.17) is 5.11 Å². The fraction of sp³-hybridized carbons (Fsp3) is 0.778. The van der Waals surface area contributed by atoms with Crippen LogP contribution in [-0.2, 0) is 13.2 Å². The minimum Gasteiger partial charge on any atom is -0.390 e. The molecule has 5 heteroatoms. The Morgan fingerprint density at radius 3 is 3.07 bits per heavy atom. The van der Waals surface area contributed by atoms with E-state index in [0.29, 0.717) is 11.7 Å². The van der Waals surface area contributed by atoms with Crippen LogP contribution >= 0.6 is 0 Å². The number of aliphatic hydroxyl groups excluding tert-OH is 1. The third-order valence-electron chi connectivity index (χ3n) is 2.82. The Labute approximate surface area is 83.3 Å². The molecular formula is C9H16N4O. The molecular weight excluding hydrogens is 180 g/mol. The predicted molar refractivity (Wildman–Crippen MR) is 51.6 cm³/mol. The zero-order valence-corrected chi connectivity index (χ0v) is 8.43. The van der Waals surface area contributed by atoms with E-state index in [9.17, 15) is 0 Å². The van der Waals surface area contributed by atoms with E-state index in [1.165, 1.54) is 19.4 Å². The average molecular weight is 196 g/mol. The Morgan fingerprint density at radius 2 is 2.50 bits per heavy atom. The van der Waals surface area contributed by atoms with Gasteiger partial charge in [-0.05, 0) is 26.4 Å². The minimum atomic E-state index is -0.0273. The maximum Gasteiger partial charge on any atom is 0.108 e. The molecule has 0 aromatic carbocycles. The Hall–Kier alpha value is -0.940. The maximum absolute atomic E-state index is 8.84. The first kappa shape index (κ1) is 9.61. The molecule has 2 rings (SSSR count). The van der Waals surface area contributed by atoms with Crippen molar-refractivity contribution < 1.29 is 5.11 Å². The van der Waals surface area contributed by atoms with E-state index in [-0.39, 0.29) is 6.61 Å². The summed E-state index contributed by atoms with van der Waals surface area (Å²) < 4.78 is 1.82. The van der Waals surface area contributed by atoms with Crippen molar-refractivity contribution in [1.82, 2.24) is 19.9 Å². The summed E-state index contributed by atoms with van der Waals surface area (Å²) in [4.78, 5) is 2.35. The smallest absolute Gasteiger partial charge is 0.108 e. The number of rotatable bonds is 3. The Bertz CT molecular complexity index is 299. The highest BCUT2D eigenvalue weighted by atomic mass is 16.3. The first-order valence-electron chi connectivity index (χ1n) is 4.99. The van der Waals surface area contributed by atoms with Crippen LogP contribution in [0, 0.1) is 0 Å². The van der Waals surface area contributed by atoms with E-state index >= 15 is 0 Å². The molecule has 0 amide bonds. The van der Waals surface area contributed by atoms with Gasteiger partial charge >= 0.3 is 0 Å². The van der Waals surface area contributed by atoms with E-state index in [1.807, 2.05) is 10.9 Å². The van der Waals surface area contributed by atoms with Gasteiger partial charge in [-0.3, -0.25) is 4.68 Å². The van der Waals surface area contributed by atoms with Gasteiger partial charge in [-0.15, -0.1) is 5.10 Å². The second-order valence-electron chi connectivity index (χ2n) is 3.87. The molecule has 0 saturated carbocycles. The third kappa shape index (κ3) is 1.93. The summed E-state index contributed by atoms with van der Waals surface area (Å²) in [6, 6.07) is 0.572. The van der Waals surface area contributed by atoms with Crippen LogP contribution in [0.2, 0.25) is 0 Å². The number of aliphatic hydroxyl groups is 1. The van der Waals surface area contributed by atoms with Crippen LogP contribution in [0.4, 0.5) is 0 Å². The zero-order chi connectivity index (χ0) is 9.97. The van der Waals surface area contributed by atoms with Crippen molar-refractivity contribution in [3.05, 3.63) is 11.9 Å². The molecule has 0 bridgehead atoms. The van der Waals surface area contributed by atoms with Crippen LogP contribution in [0.1, 0.15) is 18.5 Å². The van der Waals surface area contributed by atoms with Crippen molar-refractivity contribution >= 4 is 0 Å². The molecule has 5 nitrogen and oxygen atoms in total. The van der Waals surface area contributed by atoms with Crippen molar-refractivity contribution in [1.29, 1.82) is 0 Å². The van der Waals surface area contributed by atoms with Gasteiger partial charge in [0.25, 0.3) is 0 Å². The van der Waals surface area contributed by atoms with Gasteiger partial charge in [0, 0.05) is 6.04 Å². The predicted octanol–water partition coefficient (Wildman–Crippen LogP) is -0.135. The second kappa shape index (κ2) is 4.06. The summed E-state index contributed by atoms with van der Waals surface area (Å²) in [6.45, 7) is 2.02. The van der Waals surface area contributed by atoms with E-state index in [0.717, 1.165) is 6.54 Å². The number of hydrogen-bond donors (Lipinski definition) is 1. The molecule has 1 atom stereocenters. The summed E-state index contributed by atoms with van der Waals surface area (Å²) in [7, 11) is 2.14. The normalized spacial score (nSPS) is 23.1. The molecule has 78 valence electrons. The van der Waals surface area contributed by atoms with Crippen LogP contribution < -0.4 is 0 Å². The number of nitrogens with zero attached hydrogens (tertiary/aromatic N) is 4. The summed E-state index contributed by atoms with van der Waals surface area (Å²) in [6.07, 6.45) is 4.31. The Morgan fingerprint density at radius 1 is 1.64 bits per heavy atom. The molecule has 1 saturated heterocycles. The molecule has 1 N–H and O–H groups in total. The summed E-state index contributed by atoms with van der Waals surface area (Å²) in [5.74, 6) is 0. The summed E-state index contributed by atoms with van der Waals surface area (Å²) in [5.41, 5.74) is 0.644. The van der Waals surface area contributed by atoms with Crippen LogP contribution in [0.5, 0.6) is 0 Å². The van der Waals surface area contributed by atoms with Gasteiger partial charge in [0.15, 0.2) is 0 Å². The maximum atomic E-state index is 8.84.